The third kappa shape index (κ3) is 2.98. The van der Waals surface area contributed by atoms with Crippen molar-refractivity contribution in [2.24, 2.45) is 0 Å². The fourth-order valence-corrected chi connectivity index (χ4v) is 1.78. The van der Waals surface area contributed by atoms with Gasteiger partial charge in [0.25, 0.3) is 0 Å². The van der Waals surface area contributed by atoms with E-state index in [1.807, 2.05) is 0 Å². The average Bonchev–Trinajstić information content (AvgIpc) is 2.18. The maximum absolute atomic E-state index is 8.58. The molecule has 1 rings (SSSR count). The number of piperazine rings is 1. The molecule has 1 aliphatic heterocycles. The van der Waals surface area contributed by atoms with Crippen molar-refractivity contribution in [3.63, 3.8) is 0 Å². The molecule has 0 bridgehead atoms. The molecule has 3 nitrogen and oxygen atoms in total. The van der Waals surface area contributed by atoms with E-state index in [1.165, 1.54) is 0 Å². The lowest BCUT2D eigenvalue weighted by molar-refractivity contribution is 0.107. The van der Waals surface area contributed by atoms with Gasteiger partial charge in [-0.3, -0.25) is 4.90 Å². The SMILES string of the molecule is CCN1CCN(C(C)CC#N)CC1. The molecule has 0 N–H and O–H groups in total. The Morgan fingerprint density at radius 3 is 2.38 bits per heavy atom. The Labute approximate surface area is 80.9 Å². The van der Waals surface area contributed by atoms with Gasteiger partial charge < -0.3 is 4.90 Å². The van der Waals surface area contributed by atoms with Gasteiger partial charge in [-0.15, -0.1) is 0 Å². The van der Waals surface area contributed by atoms with Crippen molar-refractivity contribution in [3.05, 3.63) is 0 Å². The van der Waals surface area contributed by atoms with Gasteiger partial charge in [0.1, 0.15) is 0 Å². The van der Waals surface area contributed by atoms with E-state index < -0.39 is 0 Å². The van der Waals surface area contributed by atoms with Gasteiger partial charge in [0, 0.05) is 32.2 Å². The topological polar surface area (TPSA) is 30.3 Å². The van der Waals surface area contributed by atoms with Crippen LogP contribution in [0.1, 0.15) is 20.3 Å². The van der Waals surface area contributed by atoms with Crippen LogP contribution in [0.15, 0.2) is 0 Å². The molecule has 1 unspecified atom stereocenters. The zero-order valence-corrected chi connectivity index (χ0v) is 8.66. The second-order valence-electron chi connectivity index (χ2n) is 3.68. The molecule has 0 amide bonds. The molecule has 74 valence electrons. The molecule has 1 atom stereocenters. The molecule has 3 heteroatoms. The number of nitriles is 1. The van der Waals surface area contributed by atoms with Crippen LogP contribution >= 0.6 is 0 Å². The Balaban J connectivity index is 2.28. The van der Waals surface area contributed by atoms with E-state index in [9.17, 15) is 0 Å². The van der Waals surface area contributed by atoms with Gasteiger partial charge in [0.05, 0.1) is 12.5 Å². The van der Waals surface area contributed by atoms with Crippen LogP contribution in [0.4, 0.5) is 0 Å². The molecule has 0 aliphatic carbocycles. The fourth-order valence-electron chi connectivity index (χ4n) is 1.78. The minimum Gasteiger partial charge on any atom is -0.301 e. The first kappa shape index (κ1) is 10.5. The predicted octanol–water partition coefficient (Wildman–Crippen LogP) is 0.926. The highest BCUT2D eigenvalue weighted by Crippen LogP contribution is 2.07. The summed E-state index contributed by atoms with van der Waals surface area (Å²) in [6.07, 6.45) is 0.659. The van der Waals surface area contributed by atoms with Gasteiger partial charge in [-0.2, -0.15) is 5.26 Å². The highest BCUT2D eigenvalue weighted by molar-refractivity contribution is 4.82. The number of nitrogens with zero attached hydrogens (tertiary/aromatic N) is 3. The summed E-state index contributed by atoms with van der Waals surface area (Å²) in [5.74, 6) is 0. The van der Waals surface area contributed by atoms with E-state index in [4.69, 9.17) is 5.26 Å². The van der Waals surface area contributed by atoms with Gasteiger partial charge in [-0.25, -0.2) is 0 Å². The Bertz CT molecular complexity index is 177. The molecule has 1 aliphatic rings. The standard InChI is InChI=1S/C10H19N3/c1-3-12-6-8-13(9-7-12)10(2)4-5-11/h10H,3-4,6-9H2,1-2H3. The summed E-state index contributed by atoms with van der Waals surface area (Å²) in [5, 5.41) is 8.58. The van der Waals surface area contributed by atoms with Crippen LogP contribution in [0, 0.1) is 11.3 Å². The van der Waals surface area contributed by atoms with E-state index in [0.29, 0.717) is 12.5 Å². The van der Waals surface area contributed by atoms with Crippen molar-refractivity contribution in [1.29, 1.82) is 5.26 Å². The average molecular weight is 181 g/mol. The first-order valence-electron chi connectivity index (χ1n) is 5.11. The lowest BCUT2D eigenvalue weighted by atomic mass is 10.2. The highest BCUT2D eigenvalue weighted by Gasteiger charge is 2.19. The quantitative estimate of drug-likeness (QED) is 0.649. The largest absolute Gasteiger partial charge is 0.301 e. The van der Waals surface area contributed by atoms with E-state index >= 15 is 0 Å². The smallest absolute Gasteiger partial charge is 0.0638 e. The second kappa shape index (κ2) is 5.21. The summed E-state index contributed by atoms with van der Waals surface area (Å²) in [7, 11) is 0. The molecule has 1 fully saturated rings. The maximum atomic E-state index is 8.58. The molecule has 0 aromatic heterocycles. The minimum absolute atomic E-state index is 0.434. The summed E-state index contributed by atoms with van der Waals surface area (Å²) in [4.78, 5) is 4.87. The normalized spacial score (nSPS) is 22.5. The summed E-state index contributed by atoms with van der Waals surface area (Å²) in [5.41, 5.74) is 0. The van der Waals surface area contributed by atoms with E-state index in [2.05, 4.69) is 29.7 Å². The summed E-state index contributed by atoms with van der Waals surface area (Å²) in [6.45, 7) is 10.1. The third-order valence-electron chi connectivity index (χ3n) is 2.86. The van der Waals surface area contributed by atoms with Crippen molar-refractivity contribution in [1.82, 2.24) is 9.80 Å². The van der Waals surface area contributed by atoms with Crippen LogP contribution in [0.2, 0.25) is 0 Å². The summed E-state index contributed by atoms with van der Waals surface area (Å²) in [6, 6.07) is 2.67. The van der Waals surface area contributed by atoms with Crippen molar-refractivity contribution in [2.45, 2.75) is 26.3 Å². The van der Waals surface area contributed by atoms with Gasteiger partial charge in [0.2, 0.25) is 0 Å². The molecule has 1 saturated heterocycles. The van der Waals surface area contributed by atoms with Gasteiger partial charge >= 0.3 is 0 Å². The number of likely N-dealkylation sites (N-methyl/N-ethyl adjacent to an activating group) is 1. The van der Waals surface area contributed by atoms with Crippen LogP contribution in [0.5, 0.6) is 0 Å². The fraction of sp³-hybridized carbons (Fsp3) is 0.900. The Morgan fingerprint density at radius 1 is 1.31 bits per heavy atom. The molecule has 0 radical (unpaired) electrons. The zero-order chi connectivity index (χ0) is 9.68. The highest BCUT2D eigenvalue weighted by atomic mass is 15.3. The van der Waals surface area contributed by atoms with Crippen molar-refractivity contribution >= 4 is 0 Å². The Morgan fingerprint density at radius 2 is 1.92 bits per heavy atom. The van der Waals surface area contributed by atoms with Crippen LogP contribution < -0.4 is 0 Å². The lowest BCUT2D eigenvalue weighted by Crippen LogP contribution is -2.49. The number of hydrogen-bond donors (Lipinski definition) is 0. The molecule has 13 heavy (non-hydrogen) atoms. The van der Waals surface area contributed by atoms with Gasteiger partial charge in [-0.1, -0.05) is 6.92 Å². The van der Waals surface area contributed by atoms with Gasteiger partial charge in [-0.05, 0) is 13.5 Å². The third-order valence-corrected chi connectivity index (χ3v) is 2.86. The first-order valence-corrected chi connectivity index (χ1v) is 5.11. The molecule has 0 spiro atoms. The van der Waals surface area contributed by atoms with Gasteiger partial charge in [0.15, 0.2) is 0 Å². The zero-order valence-electron chi connectivity index (χ0n) is 8.66. The van der Waals surface area contributed by atoms with Crippen molar-refractivity contribution < 1.29 is 0 Å². The van der Waals surface area contributed by atoms with Crippen LogP contribution in [0.25, 0.3) is 0 Å². The predicted molar refractivity (Wildman–Crippen MR) is 53.4 cm³/mol. The number of rotatable bonds is 3. The minimum atomic E-state index is 0.434. The lowest BCUT2D eigenvalue weighted by Gasteiger charge is -2.36. The summed E-state index contributed by atoms with van der Waals surface area (Å²) >= 11 is 0. The Kier molecular flexibility index (Phi) is 4.20. The van der Waals surface area contributed by atoms with E-state index in [-0.39, 0.29) is 0 Å². The molecule has 0 aromatic carbocycles. The van der Waals surface area contributed by atoms with E-state index in [0.717, 1.165) is 32.7 Å². The Hall–Kier alpha value is -0.590. The maximum Gasteiger partial charge on any atom is 0.0638 e. The monoisotopic (exact) mass is 181 g/mol. The van der Waals surface area contributed by atoms with Crippen LogP contribution in [-0.4, -0.2) is 48.6 Å². The molecular weight excluding hydrogens is 162 g/mol. The number of hydrogen-bond acceptors (Lipinski definition) is 3. The summed E-state index contributed by atoms with van der Waals surface area (Å²) < 4.78 is 0. The first-order chi connectivity index (χ1) is 6.27. The van der Waals surface area contributed by atoms with E-state index in [1.54, 1.807) is 0 Å². The van der Waals surface area contributed by atoms with Crippen molar-refractivity contribution in [2.75, 3.05) is 32.7 Å². The molecular formula is C10H19N3. The van der Waals surface area contributed by atoms with Crippen LogP contribution in [0.3, 0.4) is 0 Å². The van der Waals surface area contributed by atoms with Crippen molar-refractivity contribution in [3.8, 4) is 6.07 Å². The molecule has 1 heterocycles. The molecule has 0 aromatic rings. The molecule has 0 saturated carbocycles. The second-order valence-corrected chi connectivity index (χ2v) is 3.68. The van der Waals surface area contributed by atoms with Crippen LogP contribution in [-0.2, 0) is 0 Å².